The summed E-state index contributed by atoms with van der Waals surface area (Å²) in [6, 6.07) is 0.749. The first-order valence-electron chi connectivity index (χ1n) is 7.54. The lowest BCUT2D eigenvalue weighted by molar-refractivity contribution is 0.0864. The smallest absolute Gasteiger partial charge is 0.0217 e. The summed E-state index contributed by atoms with van der Waals surface area (Å²) in [6.07, 6.45) is 5.31. The van der Waals surface area contributed by atoms with Gasteiger partial charge in [0.2, 0.25) is 0 Å². The molecular formula is C15H33N3. The van der Waals surface area contributed by atoms with E-state index in [2.05, 4.69) is 50.1 Å². The molecule has 0 aromatic carbocycles. The molecule has 1 heterocycles. The maximum Gasteiger partial charge on any atom is 0.0217 e. The Balaban J connectivity index is 2.52. The third-order valence-corrected chi connectivity index (χ3v) is 4.27. The van der Waals surface area contributed by atoms with Crippen LogP contribution in [-0.4, -0.2) is 63.2 Å². The van der Waals surface area contributed by atoms with E-state index in [0.717, 1.165) is 12.6 Å². The molecule has 2 atom stereocenters. The lowest BCUT2D eigenvalue weighted by atomic mass is 9.84. The molecule has 18 heavy (non-hydrogen) atoms. The fraction of sp³-hybridized carbons (Fsp3) is 1.00. The van der Waals surface area contributed by atoms with Crippen molar-refractivity contribution in [2.75, 3.05) is 47.3 Å². The topological polar surface area (TPSA) is 18.5 Å². The van der Waals surface area contributed by atoms with Crippen LogP contribution in [0.5, 0.6) is 0 Å². The van der Waals surface area contributed by atoms with Crippen molar-refractivity contribution in [3.05, 3.63) is 0 Å². The Kier molecular flexibility index (Phi) is 6.61. The number of hydrogen-bond donors (Lipinski definition) is 1. The number of likely N-dealkylation sites (tertiary alicyclic amines) is 1. The molecule has 1 N–H and O–H groups in total. The largest absolute Gasteiger partial charge is 0.319 e. The van der Waals surface area contributed by atoms with E-state index in [4.69, 9.17) is 0 Å². The van der Waals surface area contributed by atoms with Crippen molar-refractivity contribution in [3.63, 3.8) is 0 Å². The molecule has 1 aliphatic rings. The number of nitrogens with one attached hydrogen (secondary N) is 1. The molecule has 108 valence electrons. The molecule has 1 rings (SSSR count). The molecule has 0 saturated carbocycles. The van der Waals surface area contributed by atoms with E-state index < -0.39 is 0 Å². The quantitative estimate of drug-likeness (QED) is 0.751. The summed E-state index contributed by atoms with van der Waals surface area (Å²) >= 11 is 0. The highest BCUT2D eigenvalue weighted by atomic mass is 15.2. The van der Waals surface area contributed by atoms with E-state index >= 15 is 0 Å². The molecule has 1 fully saturated rings. The molecule has 0 amide bonds. The Morgan fingerprint density at radius 2 is 2.11 bits per heavy atom. The van der Waals surface area contributed by atoms with Crippen molar-refractivity contribution in [2.45, 2.75) is 45.6 Å². The normalized spacial score (nSPS) is 25.3. The molecule has 1 aliphatic heterocycles. The van der Waals surface area contributed by atoms with Gasteiger partial charge in [0.1, 0.15) is 0 Å². The van der Waals surface area contributed by atoms with Gasteiger partial charge in [-0.1, -0.05) is 20.3 Å². The molecular weight excluding hydrogens is 222 g/mol. The van der Waals surface area contributed by atoms with Gasteiger partial charge in [-0.25, -0.2) is 0 Å². The molecule has 0 radical (unpaired) electrons. The van der Waals surface area contributed by atoms with E-state index in [0.29, 0.717) is 5.41 Å². The predicted octanol–water partition coefficient (Wildman–Crippen LogP) is 2.04. The van der Waals surface area contributed by atoms with Gasteiger partial charge < -0.3 is 15.1 Å². The molecule has 0 aliphatic carbocycles. The molecule has 3 heteroatoms. The fourth-order valence-electron chi connectivity index (χ4n) is 3.39. The van der Waals surface area contributed by atoms with Crippen molar-refractivity contribution in [1.29, 1.82) is 0 Å². The van der Waals surface area contributed by atoms with Crippen LogP contribution in [-0.2, 0) is 0 Å². The van der Waals surface area contributed by atoms with E-state index in [9.17, 15) is 0 Å². The summed E-state index contributed by atoms with van der Waals surface area (Å²) < 4.78 is 0. The SMILES string of the molecule is CCCC(C)(CNC)CN1CCCC(N(C)C)C1. The van der Waals surface area contributed by atoms with Crippen molar-refractivity contribution < 1.29 is 0 Å². The molecule has 0 spiro atoms. The molecule has 1 saturated heterocycles. The first kappa shape index (κ1) is 15.9. The van der Waals surface area contributed by atoms with E-state index in [1.54, 1.807) is 0 Å². The zero-order chi connectivity index (χ0) is 13.6. The van der Waals surface area contributed by atoms with Gasteiger partial charge in [-0.3, -0.25) is 0 Å². The van der Waals surface area contributed by atoms with E-state index in [1.807, 2.05) is 0 Å². The minimum absolute atomic E-state index is 0.428. The number of hydrogen-bond acceptors (Lipinski definition) is 3. The minimum Gasteiger partial charge on any atom is -0.319 e. The van der Waals surface area contributed by atoms with Gasteiger partial charge in [0.25, 0.3) is 0 Å². The van der Waals surface area contributed by atoms with Crippen LogP contribution in [0.4, 0.5) is 0 Å². The molecule has 0 aromatic rings. The highest BCUT2D eigenvalue weighted by Gasteiger charge is 2.29. The van der Waals surface area contributed by atoms with Crippen LogP contribution in [0.15, 0.2) is 0 Å². The predicted molar refractivity (Wildman–Crippen MR) is 80.1 cm³/mol. The Bertz CT molecular complexity index is 222. The van der Waals surface area contributed by atoms with Gasteiger partial charge >= 0.3 is 0 Å². The first-order chi connectivity index (χ1) is 8.50. The third kappa shape index (κ3) is 4.87. The second-order valence-corrected chi connectivity index (χ2v) is 6.59. The van der Waals surface area contributed by atoms with Crippen molar-refractivity contribution >= 4 is 0 Å². The monoisotopic (exact) mass is 255 g/mol. The third-order valence-electron chi connectivity index (χ3n) is 4.27. The fourth-order valence-corrected chi connectivity index (χ4v) is 3.39. The Labute approximate surface area is 114 Å². The highest BCUT2D eigenvalue weighted by Crippen LogP contribution is 2.26. The number of nitrogens with zero attached hydrogens (tertiary/aromatic N) is 2. The van der Waals surface area contributed by atoms with Crippen molar-refractivity contribution in [1.82, 2.24) is 15.1 Å². The second kappa shape index (κ2) is 7.46. The van der Waals surface area contributed by atoms with Crippen LogP contribution in [0, 0.1) is 5.41 Å². The van der Waals surface area contributed by atoms with Crippen LogP contribution in [0.3, 0.4) is 0 Å². The van der Waals surface area contributed by atoms with Crippen molar-refractivity contribution in [3.8, 4) is 0 Å². The standard InChI is InChI=1S/C15H33N3/c1-6-9-15(2,12-16-3)13-18-10-7-8-14(11-18)17(4)5/h14,16H,6-13H2,1-5H3. The maximum atomic E-state index is 3.38. The van der Waals surface area contributed by atoms with Gasteiger partial charge in [-0.15, -0.1) is 0 Å². The van der Waals surface area contributed by atoms with Gasteiger partial charge in [0, 0.05) is 25.7 Å². The first-order valence-corrected chi connectivity index (χ1v) is 7.54. The van der Waals surface area contributed by atoms with E-state index in [1.165, 1.54) is 45.3 Å². The average molecular weight is 255 g/mol. The van der Waals surface area contributed by atoms with Gasteiger partial charge in [0.15, 0.2) is 0 Å². The summed E-state index contributed by atoms with van der Waals surface area (Å²) in [6.45, 7) is 9.64. The van der Waals surface area contributed by atoms with Crippen LogP contribution < -0.4 is 5.32 Å². The zero-order valence-electron chi connectivity index (χ0n) is 13.1. The molecule has 0 aromatic heterocycles. The minimum atomic E-state index is 0.428. The van der Waals surface area contributed by atoms with Crippen molar-refractivity contribution in [2.24, 2.45) is 5.41 Å². The summed E-state index contributed by atoms with van der Waals surface area (Å²) in [5.74, 6) is 0. The Morgan fingerprint density at radius 3 is 2.67 bits per heavy atom. The average Bonchev–Trinajstić information content (AvgIpc) is 2.29. The van der Waals surface area contributed by atoms with Gasteiger partial charge in [0.05, 0.1) is 0 Å². The Morgan fingerprint density at radius 1 is 1.39 bits per heavy atom. The maximum absolute atomic E-state index is 3.38. The summed E-state index contributed by atoms with van der Waals surface area (Å²) in [5.41, 5.74) is 0.428. The molecule has 0 bridgehead atoms. The second-order valence-electron chi connectivity index (χ2n) is 6.59. The van der Waals surface area contributed by atoms with E-state index in [-0.39, 0.29) is 0 Å². The van der Waals surface area contributed by atoms with Crippen LogP contribution >= 0.6 is 0 Å². The molecule has 3 nitrogen and oxygen atoms in total. The van der Waals surface area contributed by atoms with Crippen LogP contribution in [0.25, 0.3) is 0 Å². The van der Waals surface area contributed by atoms with Crippen LogP contribution in [0.1, 0.15) is 39.5 Å². The lowest BCUT2D eigenvalue weighted by Crippen LogP contribution is -2.50. The zero-order valence-corrected chi connectivity index (χ0v) is 13.1. The number of piperidine rings is 1. The molecule has 2 unspecified atom stereocenters. The number of likely N-dealkylation sites (N-methyl/N-ethyl adjacent to an activating group) is 1. The number of rotatable bonds is 7. The lowest BCUT2D eigenvalue weighted by Gasteiger charge is -2.41. The summed E-state index contributed by atoms with van der Waals surface area (Å²) in [4.78, 5) is 5.07. The Hall–Kier alpha value is -0.120. The van der Waals surface area contributed by atoms with Crippen LogP contribution in [0.2, 0.25) is 0 Å². The van der Waals surface area contributed by atoms with Gasteiger partial charge in [-0.2, -0.15) is 0 Å². The summed E-state index contributed by atoms with van der Waals surface area (Å²) in [7, 11) is 6.51. The summed E-state index contributed by atoms with van der Waals surface area (Å²) in [5, 5.41) is 3.38. The van der Waals surface area contributed by atoms with Gasteiger partial charge in [-0.05, 0) is 52.4 Å². The highest BCUT2D eigenvalue weighted by molar-refractivity contribution is 4.85.